The molecule has 1 aliphatic heterocycles. The predicted octanol–water partition coefficient (Wildman–Crippen LogP) is 4.87. The van der Waals surface area contributed by atoms with E-state index >= 15 is 0 Å². The number of aryl methyl sites for hydroxylation is 1. The number of para-hydroxylation sites is 2. The average molecular weight is 495 g/mol. The summed E-state index contributed by atoms with van der Waals surface area (Å²) in [5, 5.41) is 3.56. The lowest BCUT2D eigenvalue weighted by molar-refractivity contribution is 0.0225. The molecule has 1 aliphatic rings. The van der Waals surface area contributed by atoms with E-state index < -0.39 is 23.1 Å². The summed E-state index contributed by atoms with van der Waals surface area (Å²) >= 11 is 0. The van der Waals surface area contributed by atoms with Crippen LogP contribution in [0.25, 0.3) is 10.9 Å². The maximum atomic E-state index is 14.4. The maximum absolute atomic E-state index is 14.4. The van der Waals surface area contributed by atoms with Gasteiger partial charge in [0.25, 0.3) is 5.91 Å². The predicted molar refractivity (Wildman–Crippen MR) is 133 cm³/mol. The highest BCUT2D eigenvalue weighted by molar-refractivity contribution is 5.98. The number of halogens is 1. The lowest BCUT2D eigenvalue weighted by atomic mass is 9.95. The Hall–Kier alpha value is -3.75. The van der Waals surface area contributed by atoms with Crippen molar-refractivity contribution in [3.63, 3.8) is 0 Å². The molecule has 2 heterocycles. The third-order valence-electron chi connectivity index (χ3n) is 5.77. The molecule has 0 bridgehead atoms. The summed E-state index contributed by atoms with van der Waals surface area (Å²) in [6.45, 7) is 11.5. The number of aromatic nitrogens is 2. The van der Waals surface area contributed by atoms with Crippen LogP contribution in [0.3, 0.4) is 0 Å². The number of hydrogen-bond acceptors (Lipinski definition) is 6. The second-order valence-corrected chi connectivity index (χ2v) is 10.4. The average Bonchev–Trinajstić information content (AvgIpc) is 3.00. The zero-order valence-electron chi connectivity index (χ0n) is 21.4. The molecule has 0 radical (unpaired) electrons. The van der Waals surface area contributed by atoms with Gasteiger partial charge in [0, 0.05) is 10.9 Å². The molecule has 0 unspecified atom stereocenters. The first kappa shape index (κ1) is 25.3. The van der Waals surface area contributed by atoms with Crippen molar-refractivity contribution in [1.29, 1.82) is 0 Å². The molecule has 1 aromatic heterocycles. The van der Waals surface area contributed by atoms with Crippen molar-refractivity contribution in [3.05, 3.63) is 64.9 Å². The highest BCUT2D eigenvalue weighted by Gasteiger charge is 2.31. The third-order valence-corrected chi connectivity index (χ3v) is 5.77. The molecule has 0 saturated heterocycles. The van der Waals surface area contributed by atoms with E-state index in [1.165, 1.54) is 6.07 Å². The van der Waals surface area contributed by atoms with Crippen molar-refractivity contribution in [2.24, 2.45) is 0 Å². The van der Waals surface area contributed by atoms with E-state index in [-0.39, 0.29) is 24.6 Å². The van der Waals surface area contributed by atoms with Gasteiger partial charge in [-0.15, -0.1) is 0 Å². The first-order chi connectivity index (χ1) is 16.9. The molecule has 3 aromatic rings. The number of ether oxygens (including phenoxy) is 2. The van der Waals surface area contributed by atoms with Crippen LogP contribution >= 0.6 is 0 Å². The highest BCUT2D eigenvalue weighted by atomic mass is 19.1. The van der Waals surface area contributed by atoms with Crippen molar-refractivity contribution < 1.29 is 23.5 Å². The molecule has 8 nitrogen and oxygen atoms in total. The number of hydrogen-bond donors (Lipinski definition) is 1. The second-order valence-electron chi connectivity index (χ2n) is 10.4. The summed E-state index contributed by atoms with van der Waals surface area (Å²) in [5.74, 6) is 0.0109. The van der Waals surface area contributed by atoms with Crippen molar-refractivity contribution in [2.75, 3.05) is 13.2 Å². The molecule has 2 aromatic carbocycles. The minimum atomic E-state index is -0.952. The molecule has 0 spiro atoms. The fourth-order valence-corrected chi connectivity index (χ4v) is 4.20. The van der Waals surface area contributed by atoms with Crippen LogP contribution in [0, 0.1) is 12.7 Å². The van der Waals surface area contributed by atoms with Crippen LogP contribution in [0.4, 0.5) is 9.18 Å². The van der Waals surface area contributed by atoms with Crippen LogP contribution in [-0.4, -0.2) is 45.6 Å². The lowest BCUT2D eigenvalue weighted by Crippen LogP contribution is -2.42. The minimum Gasteiger partial charge on any atom is -0.491 e. The molecule has 0 aliphatic carbocycles. The summed E-state index contributed by atoms with van der Waals surface area (Å²) in [6, 6.07) is 9.94. The molecule has 0 atom stereocenters. The standard InChI is InChI=1S/C27H31FN4O4/c1-16-29-21-18(10-8-12-20(21)28)23(30-16)27(5,6)31-24(33)19-11-7-9-17-15-32(13-14-35-22(17)19)25(34)36-26(2,3)4/h7-12H,13-15H2,1-6H3,(H,31,33). The van der Waals surface area contributed by atoms with Gasteiger partial charge in [0.1, 0.15) is 35.1 Å². The first-order valence-corrected chi connectivity index (χ1v) is 11.8. The fraction of sp³-hybridized carbons (Fsp3) is 0.407. The molecule has 4 rings (SSSR count). The first-order valence-electron chi connectivity index (χ1n) is 11.8. The number of benzene rings is 2. The van der Waals surface area contributed by atoms with Gasteiger partial charge in [-0.2, -0.15) is 0 Å². The number of nitrogens with zero attached hydrogens (tertiary/aromatic N) is 3. The molecule has 0 fully saturated rings. The minimum absolute atomic E-state index is 0.210. The molecule has 190 valence electrons. The summed E-state index contributed by atoms with van der Waals surface area (Å²) in [6.07, 6.45) is -0.437. The number of carbonyl (C=O) groups excluding carboxylic acids is 2. The Bertz CT molecular complexity index is 1330. The van der Waals surface area contributed by atoms with E-state index in [1.54, 1.807) is 36.1 Å². The van der Waals surface area contributed by atoms with Gasteiger partial charge >= 0.3 is 6.09 Å². The topological polar surface area (TPSA) is 93.7 Å². The van der Waals surface area contributed by atoms with E-state index in [0.717, 1.165) is 0 Å². The highest BCUT2D eigenvalue weighted by Crippen LogP contribution is 2.31. The van der Waals surface area contributed by atoms with Crippen molar-refractivity contribution in [1.82, 2.24) is 20.2 Å². The van der Waals surface area contributed by atoms with Gasteiger partial charge in [0.2, 0.25) is 0 Å². The fourth-order valence-electron chi connectivity index (χ4n) is 4.20. The molecule has 36 heavy (non-hydrogen) atoms. The van der Waals surface area contributed by atoms with Gasteiger partial charge in [-0.3, -0.25) is 4.79 Å². The molecule has 2 amide bonds. The summed E-state index contributed by atoms with van der Waals surface area (Å²) < 4.78 is 25.9. The summed E-state index contributed by atoms with van der Waals surface area (Å²) in [7, 11) is 0. The van der Waals surface area contributed by atoms with Gasteiger partial charge in [-0.25, -0.2) is 19.2 Å². The van der Waals surface area contributed by atoms with E-state index in [1.807, 2.05) is 40.7 Å². The zero-order chi connectivity index (χ0) is 26.3. The zero-order valence-corrected chi connectivity index (χ0v) is 21.4. The smallest absolute Gasteiger partial charge is 0.410 e. The van der Waals surface area contributed by atoms with Crippen molar-refractivity contribution in [2.45, 2.75) is 59.2 Å². The number of carbonyl (C=O) groups is 2. The quantitative estimate of drug-likeness (QED) is 0.558. The summed E-state index contributed by atoms with van der Waals surface area (Å²) in [5.41, 5.74) is 0.195. The van der Waals surface area contributed by atoms with Crippen molar-refractivity contribution >= 4 is 22.9 Å². The third kappa shape index (κ3) is 5.24. The normalized spacial score (nSPS) is 14.0. The number of amides is 2. The van der Waals surface area contributed by atoms with Gasteiger partial charge < -0.3 is 19.7 Å². The van der Waals surface area contributed by atoms with E-state index in [9.17, 15) is 14.0 Å². The van der Waals surface area contributed by atoms with Gasteiger partial charge in [-0.1, -0.05) is 24.3 Å². The van der Waals surface area contributed by atoms with Crippen LogP contribution in [0.1, 0.15) is 62.1 Å². The Morgan fingerprint density at radius 1 is 1.08 bits per heavy atom. The Labute approximate surface area is 209 Å². The molecule has 9 heteroatoms. The van der Waals surface area contributed by atoms with Gasteiger partial charge in [0.05, 0.1) is 29.9 Å². The Morgan fingerprint density at radius 2 is 1.81 bits per heavy atom. The largest absolute Gasteiger partial charge is 0.491 e. The molecular formula is C27H31FN4O4. The second kappa shape index (κ2) is 9.37. The molecule has 0 saturated carbocycles. The van der Waals surface area contributed by atoms with E-state index in [0.29, 0.717) is 40.3 Å². The Kier molecular flexibility index (Phi) is 6.60. The van der Waals surface area contributed by atoms with E-state index in [4.69, 9.17) is 9.47 Å². The number of rotatable bonds is 3. The van der Waals surface area contributed by atoms with Gasteiger partial charge in [0.15, 0.2) is 0 Å². The van der Waals surface area contributed by atoms with Crippen LogP contribution in [-0.2, 0) is 16.8 Å². The molecular weight excluding hydrogens is 463 g/mol. The lowest BCUT2D eigenvalue weighted by Gasteiger charge is -2.28. The SMILES string of the molecule is Cc1nc(C(C)(C)NC(=O)c2cccc3c2OCCN(C(=O)OC(C)(C)C)C3)c2cccc(F)c2n1. The van der Waals surface area contributed by atoms with Crippen LogP contribution in [0.15, 0.2) is 36.4 Å². The van der Waals surface area contributed by atoms with Crippen molar-refractivity contribution in [3.8, 4) is 5.75 Å². The van der Waals surface area contributed by atoms with Crippen LogP contribution in [0.5, 0.6) is 5.75 Å². The van der Waals surface area contributed by atoms with Crippen LogP contribution < -0.4 is 10.1 Å². The Balaban J connectivity index is 1.63. The monoisotopic (exact) mass is 494 g/mol. The summed E-state index contributed by atoms with van der Waals surface area (Å²) in [4.78, 5) is 36.5. The number of fused-ring (bicyclic) bond motifs is 2. The molecule has 1 N–H and O–H groups in total. The van der Waals surface area contributed by atoms with Crippen LogP contribution in [0.2, 0.25) is 0 Å². The van der Waals surface area contributed by atoms with Gasteiger partial charge in [-0.05, 0) is 53.7 Å². The maximum Gasteiger partial charge on any atom is 0.410 e. The Morgan fingerprint density at radius 3 is 2.53 bits per heavy atom. The van der Waals surface area contributed by atoms with E-state index in [2.05, 4.69) is 15.3 Å². The number of nitrogens with one attached hydrogen (secondary N) is 1.